The fourth-order valence-corrected chi connectivity index (χ4v) is 3.18. The van der Waals surface area contributed by atoms with Gasteiger partial charge in [-0.2, -0.15) is 0 Å². The van der Waals surface area contributed by atoms with Crippen LogP contribution in [0.15, 0.2) is 29.6 Å². The molecule has 0 saturated carbocycles. The number of nitrogens with one attached hydrogen (secondary N) is 2. The highest BCUT2D eigenvalue weighted by molar-refractivity contribution is 7.09. The van der Waals surface area contributed by atoms with Crippen molar-refractivity contribution in [2.24, 2.45) is 0 Å². The van der Waals surface area contributed by atoms with Gasteiger partial charge >= 0.3 is 6.03 Å². The van der Waals surface area contributed by atoms with Crippen LogP contribution < -0.4 is 10.6 Å². The highest BCUT2D eigenvalue weighted by Gasteiger charge is 2.27. The van der Waals surface area contributed by atoms with Gasteiger partial charge in [0.1, 0.15) is 0 Å². The molecule has 130 valence electrons. The van der Waals surface area contributed by atoms with Crippen LogP contribution in [0.3, 0.4) is 0 Å². The number of amides is 4. The smallest absolute Gasteiger partial charge is 0.324 e. The molecule has 1 saturated heterocycles. The molecule has 0 aliphatic carbocycles. The van der Waals surface area contributed by atoms with Gasteiger partial charge in [0.25, 0.3) is 0 Å². The highest BCUT2D eigenvalue weighted by Crippen LogP contribution is 2.24. The molecule has 0 atom stereocenters. The number of nitrogens with zero attached hydrogens (tertiary/aromatic N) is 2. The molecule has 0 unspecified atom stereocenters. The maximum absolute atomic E-state index is 12.1. The lowest BCUT2D eigenvalue weighted by Gasteiger charge is -2.12. The van der Waals surface area contributed by atoms with Crippen LogP contribution >= 0.6 is 11.3 Å². The maximum atomic E-state index is 12.1. The van der Waals surface area contributed by atoms with Crippen LogP contribution in [0.25, 0.3) is 11.3 Å². The first-order chi connectivity index (χ1) is 12.0. The van der Waals surface area contributed by atoms with E-state index in [2.05, 4.69) is 15.6 Å². The summed E-state index contributed by atoms with van der Waals surface area (Å²) in [4.78, 5) is 40.5. The average Bonchev–Trinajstić information content (AvgIpc) is 3.15. The Kier molecular flexibility index (Phi) is 5.08. The summed E-state index contributed by atoms with van der Waals surface area (Å²) in [6, 6.07) is 7.12. The molecule has 3 rings (SSSR count). The summed E-state index contributed by atoms with van der Waals surface area (Å²) in [5.74, 6) is -0.407. The SMILES string of the molecule is Cc1nc(-c2cccc(NC(=O)CCCN3C(=O)CNC3=O)c2)cs1. The van der Waals surface area contributed by atoms with E-state index in [-0.39, 0.29) is 31.3 Å². The van der Waals surface area contributed by atoms with Crippen molar-refractivity contribution in [3.8, 4) is 11.3 Å². The Hall–Kier alpha value is -2.74. The van der Waals surface area contributed by atoms with Crippen molar-refractivity contribution in [1.29, 1.82) is 0 Å². The van der Waals surface area contributed by atoms with E-state index >= 15 is 0 Å². The van der Waals surface area contributed by atoms with Crippen molar-refractivity contribution in [3.05, 3.63) is 34.7 Å². The predicted octanol–water partition coefficient (Wildman–Crippen LogP) is 2.39. The first-order valence-electron chi connectivity index (χ1n) is 7.93. The largest absolute Gasteiger partial charge is 0.329 e. The Balaban J connectivity index is 1.53. The lowest BCUT2D eigenvalue weighted by Crippen LogP contribution is -2.32. The third-order valence-electron chi connectivity index (χ3n) is 3.78. The molecule has 2 N–H and O–H groups in total. The number of anilines is 1. The monoisotopic (exact) mass is 358 g/mol. The number of carbonyl (C=O) groups excluding carboxylic acids is 3. The van der Waals surface area contributed by atoms with E-state index in [9.17, 15) is 14.4 Å². The summed E-state index contributed by atoms with van der Waals surface area (Å²) in [6.07, 6.45) is 0.660. The van der Waals surface area contributed by atoms with Crippen LogP contribution in [0.5, 0.6) is 0 Å². The lowest BCUT2D eigenvalue weighted by atomic mass is 10.1. The summed E-state index contributed by atoms with van der Waals surface area (Å²) in [7, 11) is 0. The quantitative estimate of drug-likeness (QED) is 0.776. The van der Waals surface area contributed by atoms with Gasteiger partial charge < -0.3 is 10.6 Å². The van der Waals surface area contributed by atoms with Crippen LogP contribution in [-0.4, -0.2) is 40.8 Å². The van der Waals surface area contributed by atoms with Gasteiger partial charge in [0.15, 0.2) is 0 Å². The number of aryl methyl sites for hydroxylation is 1. The third-order valence-corrected chi connectivity index (χ3v) is 4.56. The number of rotatable bonds is 6. The molecule has 8 heteroatoms. The Morgan fingerprint density at radius 1 is 1.40 bits per heavy atom. The molecule has 25 heavy (non-hydrogen) atoms. The molecular formula is C17H18N4O3S. The molecule has 7 nitrogen and oxygen atoms in total. The number of imide groups is 1. The first-order valence-corrected chi connectivity index (χ1v) is 8.81. The second kappa shape index (κ2) is 7.43. The number of urea groups is 1. The molecule has 0 spiro atoms. The standard InChI is InChI=1S/C17H18N4O3S/c1-11-19-14(10-25-11)12-4-2-5-13(8-12)20-15(22)6-3-7-21-16(23)9-18-17(21)24/h2,4-5,8,10H,3,6-7,9H2,1H3,(H,18,24)(H,20,22). The van der Waals surface area contributed by atoms with E-state index in [1.54, 1.807) is 11.3 Å². The van der Waals surface area contributed by atoms with E-state index in [4.69, 9.17) is 0 Å². The molecule has 1 aromatic carbocycles. The van der Waals surface area contributed by atoms with Crippen molar-refractivity contribution in [3.63, 3.8) is 0 Å². The van der Waals surface area contributed by atoms with Gasteiger partial charge in [-0.15, -0.1) is 11.3 Å². The molecular weight excluding hydrogens is 340 g/mol. The van der Waals surface area contributed by atoms with Gasteiger partial charge in [0.2, 0.25) is 11.8 Å². The minimum atomic E-state index is -0.392. The second-order valence-corrected chi connectivity index (χ2v) is 6.75. The summed E-state index contributed by atoms with van der Waals surface area (Å²) in [6.45, 7) is 2.23. The van der Waals surface area contributed by atoms with Crippen LogP contribution in [0.1, 0.15) is 17.8 Å². The third kappa shape index (κ3) is 4.21. The Labute approximate surface area is 149 Å². The zero-order chi connectivity index (χ0) is 17.8. The molecule has 1 aliphatic heterocycles. The Morgan fingerprint density at radius 2 is 2.24 bits per heavy atom. The van der Waals surface area contributed by atoms with Crippen molar-refractivity contribution in [1.82, 2.24) is 15.2 Å². The Morgan fingerprint density at radius 3 is 2.92 bits per heavy atom. The number of aromatic nitrogens is 1. The van der Waals surface area contributed by atoms with Crippen molar-refractivity contribution < 1.29 is 14.4 Å². The van der Waals surface area contributed by atoms with Crippen molar-refractivity contribution in [2.45, 2.75) is 19.8 Å². The number of thiazole rings is 1. The number of hydrogen-bond donors (Lipinski definition) is 2. The van der Waals surface area contributed by atoms with Gasteiger partial charge in [-0.25, -0.2) is 9.78 Å². The molecule has 0 radical (unpaired) electrons. The Bertz CT molecular complexity index is 802. The summed E-state index contributed by atoms with van der Waals surface area (Å²) >= 11 is 1.58. The first kappa shape index (κ1) is 17.1. The second-order valence-electron chi connectivity index (χ2n) is 5.69. The number of carbonyl (C=O) groups is 3. The molecule has 0 bridgehead atoms. The predicted molar refractivity (Wildman–Crippen MR) is 95.3 cm³/mol. The molecule has 1 fully saturated rings. The lowest BCUT2D eigenvalue weighted by molar-refractivity contribution is -0.125. The maximum Gasteiger partial charge on any atom is 0.324 e. The van der Waals surface area contributed by atoms with E-state index in [0.717, 1.165) is 21.2 Å². The van der Waals surface area contributed by atoms with Gasteiger partial charge in [-0.1, -0.05) is 12.1 Å². The highest BCUT2D eigenvalue weighted by atomic mass is 32.1. The summed E-state index contributed by atoms with van der Waals surface area (Å²) < 4.78 is 0. The fourth-order valence-electron chi connectivity index (χ4n) is 2.56. The fraction of sp³-hybridized carbons (Fsp3) is 0.294. The molecule has 2 heterocycles. The van der Waals surface area contributed by atoms with Crippen LogP contribution in [0.4, 0.5) is 10.5 Å². The number of benzene rings is 1. The zero-order valence-electron chi connectivity index (χ0n) is 13.7. The normalized spacial score (nSPS) is 13.9. The number of hydrogen-bond acceptors (Lipinski definition) is 5. The molecule has 1 aromatic heterocycles. The summed E-state index contributed by atoms with van der Waals surface area (Å²) in [5.41, 5.74) is 2.53. The summed E-state index contributed by atoms with van der Waals surface area (Å²) in [5, 5.41) is 8.26. The van der Waals surface area contributed by atoms with E-state index in [1.165, 1.54) is 0 Å². The van der Waals surface area contributed by atoms with Gasteiger partial charge in [0.05, 0.1) is 17.2 Å². The van der Waals surface area contributed by atoms with Gasteiger partial charge in [-0.3, -0.25) is 14.5 Å². The topological polar surface area (TPSA) is 91.4 Å². The van der Waals surface area contributed by atoms with Crippen molar-refractivity contribution in [2.75, 3.05) is 18.4 Å². The van der Waals surface area contributed by atoms with Crippen LogP contribution in [0, 0.1) is 6.92 Å². The minimum absolute atomic E-state index is 0.0356. The average molecular weight is 358 g/mol. The zero-order valence-corrected chi connectivity index (χ0v) is 14.6. The molecule has 1 aliphatic rings. The molecule has 4 amide bonds. The van der Waals surface area contributed by atoms with E-state index in [0.29, 0.717) is 12.1 Å². The van der Waals surface area contributed by atoms with Crippen LogP contribution in [-0.2, 0) is 9.59 Å². The van der Waals surface area contributed by atoms with E-state index < -0.39 is 6.03 Å². The minimum Gasteiger partial charge on any atom is -0.329 e. The van der Waals surface area contributed by atoms with Gasteiger partial charge in [-0.05, 0) is 25.5 Å². The van der Waals surface area contributed by atoms with E-state index in [1.807, 2.05) is 36.6 Å². The van der Waals surface area contributed by atoms with Crippen LogP contribution in [0.2, 0.25) is 0 Å². The van der Waals surface area contributed by atoms with Gasteiger partial charge in [0, 0.05) is 29.6 Å². The molecule has 2 aromatic rings. The van der Waals surface area contributed by atoms with Crippen molar-refractivity contribution >= 4 is 34.9 Å².